The molecule has 9 heteroatoms. The molecule has 0 bridgehead atoms. The average molecular weight is 431 g/mol. The van der Waals surface area contributed by atoms with Crippen molar-refractivity contribution in [3.8, 4) is 0 Å². The maximum absolute atomic E-state index is 12.8. The molecule has 1 saturated heterocycles. The Balaban J connectivity index is 1.39. The number of amides is 1. The molecular formula is C23H26N8O. The normalized spacial score (nSPS) is 15.1. The highest BCUT2D eigenvalue weighted by atomic mass is 16.2. The quantitative estimate of drug-likeness (QED) is 0.532. The number of rotatable bonds is 4. The molecule has 0 unspecified atom stereocenters. The topological polar surface area (TPSA) is 92.1 Å². The Morgan fingerprint density at radius 2 is 1.78 bits per heavy atom. The third-order valence-corrected chi connectivity index (χ3v) is 5.85. The van der Waals surface area contributed by atoms with Crippen molar-refractivity contribution in [2.45, 2.75) is 19.9 Å². The van der Waals surface area contributed by atoms with Gasteiger partial charge in [0.15, 0.2) is 0 Å². The van der Waals surface area contributed by atoms with Gasteiger partial charge in [-0.05, 0) is 57.3 Å². The monoisotopic (exact) mass is 430 g/mol. The fourth-order valence-corrected chi connectivity index (χ4v) is 3.96. The molecule has 0 spiro atoms. The summed E-state index contributed by atoms with van der Waals surface area (Å²) in [4.78, 5) is 26.1. The standard InChI is InChI=1S/C23H26N8O/c1-15(2)31-21-19(27-28-31)9-6-17-14-24-23(26-20(17)21)25-18-7-4-16(5-8-18)22(32)30-12-10-29(3)11-13-30/h4-9,14-15H,10-13H2,1-3H3,(H,24,25,26). The molecule has 1 aliphatic heterocycles. The molecule has 9 nitrogen and oxygen atoms in total. The molecule has 32 heavy (non-hydrogen) atoms. The molecule has 164 valence electrons. The zero-order valence-electron chi connectivity index (χ0n) is 18.5. The molecule has 1 amide bonds. The second-order valence-corrected chi connectivity index (χ2v) is 8.49. The van der Waals surface area contributed by atoms with Crippen molar-refractivity contribution in [2.24, 2.45) is 0 Å². The van der Waals surface area contributed by atoms with Gasteiger partial charge in [-0.3, -0.25) is 4.79 Å². The van der Waals surface area contributed by atoms with Crippen molar-refractivity contribution in [3.05, 3.63) is 48.2 Å². The van der Waals surface area contributed by atoms with E-state index in [0.717, 1.165) is 53.8 Å². The van der Waals surface area contributed by atoms with Gasteiger partial charge in [-0.2, -0.15) is 0 Å². The predicted molar refractivity (Wildman–Crippen MR) is 124 cm³/mol. The van der Waals surface area contributed by atoms with Crippen LogP contribution in [0, 0.1) is 0 Å². The number of fused-ring (bicyclic) bond motifs is 3. The molecule has 1 aliphatic rings. The van der Waals surface area contributed by atoms with Crippen LogP contribution in [-0.4, -0.2) is 73.9 Å². The number of aromatic nitrogens is 5. The van der Waals surface area contributed by atoms with E-state index in [1.54, 1.807) is 6.20 Å². The van der Waals surface area contributed by atoms with Crippen molar-refractivity contribution < 1.29 is 4.79 Å². The largest absolute Gasteiger partial charge is 0.336 e. The second kappa shape index (κ2) is 8.16. The summed E-state index contributed by atoms with van der Waals surface area (Å²) in [6.07, 6.45) is 1.80. The summed E-state index contributed by atoms with van der Waals surface area (Å²) < 4.78 is 1.88. The van der Waals surface area contributed by atoms with Crippen LogP contribution in [0.1, 0.15) is 30.2 Å². The highest BCUT2D eigenvalue weighted by molar-refractivity contribution is 6.01. The number of carbonyl (C=O) groups excluding carboxylic acids is 1. The van der Waals surface area contributed by atoms with E-state index in [4.69, 9.17) is 4.98 Å². The van der Waals surface area contributed by atoms with E-state index in [2.05, 4.69) is 46.4 Å². The molecule has 0 saturated carbocycles. The van der Waals surface area contributed by atoms with Crippen LogP contribution in [0.15, 0.2) is 42.6 Å². The fraction of sp³-hybridized carbons (Fsp3) is 0.348. The number of hydrogen-bond acceptors (Lipinski definition) is 7. The van der Waals surface area contributed by atoms with Gasteiger partial charge in [0.25, 0.3) is 5.91 Å². The van der Waals surface area contributed by atoms with Crippen LogP contribution in [0.3, 0.4) is 0 Å². The Morgan fingerprint density at radius 3 is 2.50 bits per heavy atom. The first-order chi connectivity index (χ1) is 15.5. The van der Waals surface area contributed by atoms with E-state index in [0.29, 0.717) is 11.5 Å². The van der Waals surface area contributed by atoms with Crippen LogP contribution in [0.2, 0.25) is 0 Å². The summed E-state index contributed by atoms with van der Waals surface area (Å²) >= 11 is 0. The first-order valence-corrected chi connectivity index (χ1v) is 10.8. The lowest BCUT2D eigenvalue weighted by Crippen LogP contribution is -2.47. The zero-order valence-corrected chi connectivity index (χ0v) is 18.5. The van der Waals surface area contributed by atoms with Gasteiger partial charge >= 0.3 is 0 Å². The van der Waals surface area contributed by atoms with Gasteiger partial charge in [0.2, 0.25) is 5.95 Å². The van der Waals surface area contributed by atoms with Gasteiger partial charge < -0.3 is 15.1 Å². The molecule has 4 aromatic rings. The third kappa shape index (κ3) is 3.75. The van der Waals surface area contributed by atoms with E-state index >= 15 is 0 Å². The predicted octanol–water partition coefficient (Wildman–Crippen LogP) is 3.09. The highest BCUT2D eigenvalue weighted by Crippen LogP contribution is 2.25. The van der Waals surface area contributed by atoms with Crippen molar-refractivity contribution in [1.82, 2.24) is 34.8 Å². The van der Waals surface area contributed by atoms with Crippen molar-refractivity contribution >= 4 is 39.5 Å². The Labute approximate surface area is 186 Å². The lowest BCUT2D eigenvalue weighted by molar-refractivity contribution is 0.0664. The summed E-state index contributed by atoms with van der Waals surface area (Å²) in [5.41, 5.74) is 4.02. The van der Waals surface area contributed by atoms with Crippen LogP contribution in [0.25, 0.3) is 21.9 Å². The van der Waals surface area contributed by atoms with Gasteiger partial charge in [-0.1, -0.05) is 5.21 Å². The van der Waals surface area contributed by atoms with E-state index in [-0.39, 0.29) is 11.9 Å². The maximum Gasteiger partial charge on any atom is 0.253 e. The molecule has 1 N–H and O–H groups in total. The van der Waals surface area contributed by atoms with Crippen LogP contribution in [-0.2, 0) is 0 Å². The maximum atomic E-state index is 12.8. The summed E-state index contributed by atoms with van der Waals surface area (Å²) in [6.45, 7) is 7.47. The van der Waals surface area contributed by atoms with Crippen LogP contribution in [0.4, 0.5) is 11.6 Å². The van der Waals surface area contributed by atoms with Gasteiger partial charge in [0, 0.05) is 55.1 Å². The van der Waals surface area contributed by atoms with Gasteiger partial charge in [-0.25, -0.2) is 14.6 Å². The minimum absolute atomic E-state index is 0.0726. The first-order valence-electron chi connectivity index (χ1n) is 10.8. The molecule has 0 atom stereocenters. The number of nitrogens with zero attached hydrogens (tertiary/aromatic N) is 7. The summed E-state index contributed by atoms with van der Waals surface area (Å²) in [5, 5.41) is 12.7. The third-order valence-electron chi connectivity index (χ3n) is 5.85. The van der Waals surface area contributed by atoms with E-state index < -0.39 is 0 Å². The van der Waals surface area contributed by atoms with E-state index in [1.807, 2.05) is 46.0 Å². The summed E-state index contributed by atoms with van der Waals surface area (Å²) in [6, 6.07) is 11.5. The number of carbonyl (C=O) groups is 1. The number of hydrogen-bond donors (Lipinski definition) is 1. The van der Waals surface area contributed by atoms with Gasteiger partial charge in [0.05, 0.1) is 0 Å². The summed E-state index contributed by atoms with van der Waals surface area (Å²) in [5.74, 6) is 0.558. The Kier molecular flexibility index (Phi) is 5.18. The Morgan fingerprint density at radius 1 is 1.03 bits per heavy atom. The highest BCUT2D eigenvalue weighted by Gasteiger charge is 2.20. The van der Waals surface area contributed by atoms with Crippen LogP contribution >= 0.6 is 0 Å². The minimum atomic E-state index is 0.0726. The number of likely N-dealkylation sites (N-methyl/N-ethyl adjacent to an activating group) is 1. The lowest BCUT2D eigenvalue weighted by atomic mass is 10.1. The Bertz CT molecular complexity index is 1270. The minimum Gasteiger partial charge on any atom is -0.336 e. The van der Waals surface area contributed by atoms with E-state index in [1.165, 1.54) is 0 Å². The number of anilines is 2. The number of benzene rings is 2. The molecule has 0 radical (unpaired) electrons. The molecule has 5 rings (SSSR count). The second-order valence-electron chi connectivity index (χ2n) is 8.49. The number of nitrogens with one attached hydrogen (secondary N) is 1. The first kappa shape index (κ1) is 20.3. The van der Waals surface area contributed by atoms with Crippen LogP contribution in [0.5, 0.6) is 0 Å². The van der Waals surface area contributed by atoms with Crippen molar-refractivity contribution in [2.75, 3.05) is 38.5 Å². The van der Waals surface area contributed by atoms with Gasteiger partial charge in [0.1, 0.15) is 16.6 Å². The van der Waals surface area contributed by atoms with Crippen LogP contribution < -0.4 is 5.32 Å². The fourth-order valence-electron chi connectivity index (χ4n) is 3.96. The molecule has 2 aromatic heterocycles. The smallest absolute Gasteiger partial charge is 0.253 e. The van der Waals surface area contributed by atoms with Gasteiger partial charge in [-0.15, -0.1) is 5.10 Å². The van der Waals surface area contributed by atoms with Crippen molar-refractivity contribution in [1.29, 1.82) is 0 Å². The average Bonchev–Trinajstić information content (AvgIpc) is 3.25. The molecule has 2 aromatic carbocycles. The summed E-state index contributed by atoms with van der Waals surface area (Å²) in [7, 11) is 2.08. The molecule has 1 fully saturated rings. The Hall–Kier alpha value is -3.59. The lowest BCUT2D eigenvalue weighted by Gasteiger charge is -2.32. The zero-order chi connectivity index (χ0) is 22.2. The molecular weight excluding hydrogens is 404 g/mol. The SMILES string of the molecule is CC(C)n1nnc2ccc3cnc(Nc4ccc(C(=O)N5CCN(C)CC5)cc4)nc3c21. The number of piperazine rings is 1. The van der Waals surface area contributed by atoms with Crippen molar-refractivity contribution in [3.63, 3.8) is 0 Å². The molecule has 3 heterocycles. The van der Waals surface area contributed by atoms with E-state index in [9.17, 15) is 4.79 Å². The molecule has 0 aliphatic carbocycles.